The average molecular weight is 260 g/mol. The Hall–Kier alpha value is -1.07. The molecule has 76 valence electrons. The molecule has 1 aromatic rings. The third-order valence-corrected chi connectivity index (χ3v) is 1.85. The van der Waals surface area contributed by atoms with Gasteiger partial charge in [0.15, 0.2) is 0 Å². The van der Waals surface area contributed by atoms with Crippen molar-refractivity contribution < 1.29 is 14.3 Å². The second-order valence-corrected chi connectivity index (χ2v) is 3.82. The summed E-state index contributed by atoms with van der Waals surface area (Å²) in [6, 6.07) is 1.63. The van der Waals surface area contributed by atoms with Crippen molar-refractivity contribution in [1.82, 2.24) is 5.32 Å². The van der Waals surface area contributed by atoms with Crippen LogP contribution >= 0.6 is 15.9 Å². The quantitative estimate of drug-likeness (QED) is 0.849. The highest BCUT2D eigenvalue weighted by Gasteiger charge is 2.12. The van der Waals surface area contributed by atoms with Gasteiger partial charge in [0.05, 0.1) is 6.26 Å². The molecule has 14 heavy (non-hydrogen) atoms. The lowest BCUT2D eigenvalue weighted by molar-refractivity contribution is 0.0660. The van der Waals surface area contributed by atoms with E-state index in [9.17, 15) is 4.79 Å². The number of nitrogens with one attached hydrogen (secondary N) is 1. The monoisotopic (exact) mass is 259 g/mol. The zero-order valence-electron chi connectivity index (χ0n) is 7.42. The highest BCUT2D eigenvalue weighted by Crippen LogP contribution is 2.10. The highest BCUT2D eigenvalue weighted by atomic mass is 79.9. The van der Waals surface area contributed by atoms with E-state index in [0.717, 1.165) is 4.48 Å². The number of rotatable bonds is 5. The third kappa shape index (κ3) is 3.01. The zero-order valence-corrected chi connectivity index (χ0v) is 9.00. The van der Waals surface area contributed by atoms with Gasteiger partial charge in [-0.25, -0.2) is 4.79 Å². The predicted octanol–water partition coefficient (Wildman–Crippen LogP) is 1.98. The maximum atomic E-state index is 10.6. The molecule has 0 unspecified atom stereocenters. The first-order valence-corrected chi connectivity index (χ1v) is 4.74. The number of halogens is 1. The van der Waals surface area contributed by atoms with Gasteiger partial charge in [0.1, 0.15) is 0 Å². The van der Waals surface area contributed by atoms with E-state index in [1.807, 2.05) is 0 Å². The molecule has 4 nitrogen and oxygen atoms in total. The van der Waals surface area contributed by atoms with Gasteiger partial charge in [0.25, 0.3) is 0 Å². The molecule has 0 atom stereocenters. The van der Waals surface area contributed by atoms with Crippen molar-refractivity contribution in [3.05, 3.63) is 34.7 Å². The van der Waals surface area contributed by atoms with E-state index >= 15 is 0 Å². The lowest BCUT2D eigenvalue weighted by Gasteiger charge is -2.01. The summed E-state index contributed by atoms with van der Waals surface area (Å²) in [5.74, 6) is -1.07. The molecule has 1 aromatic heterocycles. The first kappa shape index (κ1) is 11.0. The zero-order chi connectivity index (χ0) is 10.6. The molecular weight excluding hydrogens is 250 g/mol. The number of carbonyl (C=O) groups is 1. The molecule has 0 amide bonds. The van der Waals surface area contributed by atoms with Crippen molar-refractivity contribution in [2.75, 3.05) is 6.54 Å². The van der Waals surface area contributed by atoms with Gasteiger partial charge >= 0.3 is 5.97 Å². The van der Waals surface area contributed by atoms with Crippen molar-refractivity contribution in [2.24, 2.45) is 0 Å². The summed E-state index contributed by atoms with van der Waals surface area (Å²) in [6.07, 6.45) is 1.36. The molecule has 0 radical (unpaired) electrons. The number of furan rings is 1. The van der Waals surface area contributed by atoms with Crippen LogP contribution in [0.3, 0.4) is 0 Å². The Labute approximate surface area is 89.7 Å². The first-order valence-electron chi connectivity index (χ1n) is 3.95. The number of carboxylic acid groups (broad SMARTS) is 1. The van der Waals surface area contributed by atoms with Gasteiger partial charge in [0, 0.05) is 23.1 Å². The van der Waals surface area contributed by atoms with Gasteiger partial charge in [-0.1, -0.05) is 22.5 Å². The molecule has 0 spiro atoms. The van der Waals surface area contributed by atoms with E-state index in [2.05, 4.69) is 27.8 Å². The van der Waals surface area contributed by atoms with Gasteiger partial charge in [-0.2, -0.15) is 0 Å². The van der Waals surface area contributed by atoms with Crippen molar-refractivity contribution in [3.63, 3.8) is 0 Å². The maximum absolute atomic E-state index is 10.6. The van der Waals surface area contributed by atoms with Crippen molar-refractivity contribution in [2.45, 2.75) is 6.54 Å². The highest BCUT2D eigenvalue weighted by molar-refractivity contribution is 9.11. The SMILES string of the molecule is C=C(Br)CNCc1ccoc1C(=O)O. The minimum Gasteiger partial charge on any atom is -0.475 e. The molecule has 0 saturated heterocycles. The molecule has 5 heteroatoms. The number of hydrogen-bond acceptors (Lipinski definition) is 3. The molecule has 0 bridgehead atoms. The fourth-order valence-electron chi connectivity index (χ4n) is 0.995. The van der Waals surface area contributed by atoms with E-state index in [4.69, 9.17) is 9.52 Å². The van der Waals surface area contributed by atoms with Crippen molar-refractivity contribution >= 4 is 21.9 Å². The minimum atomic E-state index is -1.05. The van der Waals surface area contributed by atoms with Crippen LogP contribution in [0.5, 0.6) is 0 Å². The summed E-state index contributed by atoms with van der Waals surface area (Å²) in [7, 11) is 0. The first-order chi connectivity index (χ1) is 6.61. The van der Waals surface area contributed by atoms with Crippen molar-refractivity contribution in [3.8, 4) is 0 Å². The van der Waals surface area contributed by atoms with E-state index in [-0.39, 0.29) is 5.76 Å². The summed E-state index contributed by atoms with van der Waals surface area (Å²) < 4.78 is 5.63. The Morgan fingerprint density at radius 1 is 1.71 bits per heavy atom. The summed E-state index contributed by atoms with van der Waals surface area (Å²) >= 11 is 3.19. The standard InChI is InChI=1S/C9H10BrNO3/c1-6(10)4-11-5-7-2-3-14-8(7)9(12)13/h2-3,11H,1,4-5H2,(H,12,13). The van der Waals surface area contributed by atoms with Crippen LogP contribution in [0.2, 0.25) is 0 Å². The maximum Gasteiger partial charge on any atom is 0.372 e. The van der Waals surface area contributed by atoms with Gasteiger partial charge < -0.3 is 14.8 Å². The Bertz CT molecular complexity index is 346. The summed E-state index contributed by atoms with van der Waals surface area (Å²) in [5, 5.41) is 11.7. The lowest BCUT2D eigenvalue weighted by atomic mass is 10.2. The smallest absolute Gasteiger partial charge is 0.372 e. The third-order valence-electron chi connectivity index (χ3n) is 1.57. The van der Waals surface area contributed by atoms with Crippen LogP contribution in [0.1, 0.15) is 16.1 Å². The fraction of sp³-hybridized carbons (Fsp3) is 0.222. The molecule has 0 aliphatic rings. The van der Waals surface area contributed by atoms with E-state index in [1.165, 1.54) is 6.26 Å². The summed E-state index contributed by atoms with van der Waals surface area (Å²) in [5.41, 5.74) is 0.631. The predicted molar refractivity (Wildman–Crippen MR) is 55.4 cm³/mol. The normalized spacial score (nSPS) is 10.1. The summed E-state index contributed by atoms with van der Waals surface area (Å²) in [6.45, 7) is 4.68. The summed E-state index contributed by atoms with van der Waals surface area (Å²) in [4.78, 5) is 10.6. The Kier molecular flexibility index (Phi) is 3.91. The molecule has 0 aliphatic carbocycles. The van der Waals surface area contributed by atoms with Crippen LogP contribution in [-0.4, -0.2) is 17.6 Å². The number of hydrogen-bond donors (Lipinski definition) is 2. The van der Waals surface area contributed by atoms with Gasteiger partial charge in [-0.05, 0) is 6.07 Å². The molecule has 0 aliphatic heterocycles. The van der Waals surface area contributed by atoms with E-state index < -0.39 is 5.97 Å². The topological polar surface area (TPSA) is 62.5 Å². The molecular formula is C9H10BrNO3. The van der Waals surface area contributed by atoms with Crippen LogP contribution in [0.25, 0.3) is 0 Å². The fourth-order valence-corrected chi connectivity index (χ4v) is 1.19. The van der Waals surface area contributed by atoms with Gasteiger partial charge in [-0.3, -0.25) is 0 Å². The van der Waals surface area contributed by atoms with Gasteiger partial charge in [-0.15, -0.1) is 0 Å². The number of aromatic carboxylic acids is 1. The Morgan fingerprint density at radius 2 is 2.43 bits per heavy atom. The van der Waals surface area contributed by atoms with Crippen molar-refractivity contribution in [1.29, 1.82) is 0 Å². The van der Waals surface area contributed by atoms with Crippen LogP contribution in [0.4, 0.5) is 0 Å². The molecule has 0 aromatic carbocycles. The lowest BCUT2D eigenvalue weighted by Crippen LogP contribution is -2.15. The molecule has 1 heterocycles. The van der Waals surface area contributed by atoms with Crippen LogP contribution in [-0.2, 0) is 6.54 Å². The Morgan fingerprint density at radius 3 is 3.00 bits per heavy atom. The second-order valence-electron chi connectivity index (χ2n) is 2.70. The number of carboxylic acids is 1. The van der Waals surface area contributed by atoms with Crippen LogP contribution in [0.15, 0.2) is 27.8 Å². The molecule has 0 fully saturated rings. The van der Waals surface area contributed by atoms with Gasteiger partial charge in [0.2, 0.25) is 5.76 Å². The van der Waals surface area contributed by atoms with Crippen LogP contribution < -0.4 is 5.32 Å². The molecule has 0 saturated carbocycles. The average Bonchev–Trinajstić information content (AvgIpc) is 2.51. The largest absolute Gasteiger partial charge is 0.475 e. The molecule has 1 rings (SSSR count). The molecule has 2 N–H and O–H groups in total. The van der Waals surface area contributed by atoms with Crippen LogP contribution in [0, 0.1) is 0 Å². The minimum absolute atomic E-state index is 0.0160. The van der Waals surface area contributed by atoms with E-state index in [1.54, 1.807) is 6.07 Å². The second kappa shape index (κ2) is 4.97. The Balaban J connectivity index is 2.54. The van der Waals surface area contributed by atoms with E-state index in [0.29, 0.717) is 18.7 Å².